The normalized spacial score (nSPS) is 11.3. The average molecular weight is 305 g/mol. The zero-order valence-corrected chi connectivity index (χ0v) is 12.9. The predicted octanol–water partition coefficient (Wildman–Crippen LogP) is 2.30. The lowest BCUT2D eigenvalue weighted by molar-refractivity contribution is 0.584. The number of nitrogens with one attached hydrogen (secondary N) is 2. The van der Waals surface area contributed by atoms with Crippen LogP contribution in [0.3, 0.4) is 0 Å². The molecule has 1 aromatic heterocycles. The van der Waals surface area contributed by atoms with Gasteiger partial charge in [0.1, 0.15) is 0 Å². The zero-order valence-electron chi connectivity index (χ0n) is 12.1. The number of nitrogens with zero attached hydrogens (tertiary/aromatic N) is 1. The van der Waals surface area contributed by atoms with Gasteiger partial charge in [-0.05, 0) is 43.3 Å². The van der Waals surface area contributed by atoms with Gasteiger partial charge in [-0.25, -0.2) is 13.1 Å². The molecule has 0 unspecified atom stereocenters. The molecule has 0 spiro atoms. The fourth-order valence-corrected chi connectivity index (χ4v) is 2.96. The maximum atomic E-state index is 11.8. The summed E-state index contributed by atoms with van der Waals surface area (Å²) >= 11 is 0. The second kappa shape index (κ2) is 6.69. The van der Waals surface area contributed by atoms with Gasteiger partial charge in [0.05, 0.1) is 17.1 Å². The number of hydrogen-bond acceptors (Lipinski definition) is 4. The average Bonchev–Trinajstić information content (AvgIpc) is 2.46. The Kier molecular flexibility index (Phi) is 4.93. The predicted molar refractivity (Wildman–Crippen MR) is 83.6 cm³/mol. The molecular formula is C15H19N3O2S. The van der Waals surface area contributed by atoms with E-state index in [1.807, 2.05) is 25.1 Å². The maximum absolute atomic E-state index is 11.8. The lowest BCUT2D eigenvalue weighted by atomic mass is 10.3. The minimum absolute atomic E-state index is 0.267. The van der Waals surface area contributed by atoms with Crippen LogP contribution in [0.2, 0.25) is 0 Å². The van der Waals surface area contributed by atoms with Gasteiger partial charge in [-0.3, -0.25) is 4.98 Å². The topological polar surface area (TPSA) is 71.1 Å². The molecule has 0 aliphatic carbocycles. The van der Waals surface area contributed by atoms with Crippen LogP contribution in [-0.4, -0.2) is 19.9 Å². The van der Waals surface area contributed by atoms with Crippen molar-refractivity contribution in [3.63, 3.8) is 0 Å². The first-order valence-corrected chi connectivity index (χ1v) is 8.26. The summed E-state index contributed by atoms with van der Waals surface area (Å²) in [6, 6.07) is 12.5. The van der Waals surface area contributed by atoms with Crippen molar-refractivity contribution in [2.75, 3.05) is 11.9 Å². The van der Waals surface area contributed by atoms with Gasteiger partial charge in [-0.15, -0.1) is 0 Å². The van der Waals surface area contributed by atoms with Crippen molar-refractivity contribution in [1.29, 1.82) is 0 Å². The fraction of sp³-hybridized carbons (Fsp3) is 0.267. The Balaban J connectivity index is 2.03. The highest BCUT2D eigenvalue weighted by Crippen LogP contribution is 2.14. The third-order valence-electron chi connectivity index (χ3n) is 2.92. The molecule has 6 heteroatoms. The lowest BCUT2D eigenvalue weighted by Crippen LogP contribution is -2.23. The number of sulfonamides is 1. The molecule has 1 aromatic carbocycles. The van der Waals surface area contributed by atoms with Crippen LogP contribution in [0.5, 0.6) is 0 Å². The second-order valence-corrected chi connectivity index (χ2v) is 6.42. The Bertz CT molecular complexity index is 697. The molecule has 0 atom stereocenters. The van der Waals surface area contributed by atoms with Crippen molar-refractivity contribution in [1.82, 2.24) is 9.71 Å². The van der Waals surface area contributed by atoms with Crippen LogP contribution in [0.25, 0.3) is 0 Å². The highest BCUT2D eigenvalue weighted by molar-refractivity contribution is 7.89. The van der Waals surface area contributed by atoms with E-state index in [2.05, 4.69) is 15.0 Å². The van der Waals surface area contributed by atoms with E-state index in [1.54, 1.807) is 31.2 Å². The number of hydrogen-bond donors (Lipinski definition) is 2. The van der Waals surface area contributed by atoms with Gasteiger partial charge in [-0.2, -0.15) is 0 Å². The third-order valence-corrected chi connectivity index (χ3v) is 4.48. The summed E-state index contributed by atoms with van der Waals surface area (Å²) in [6.07, 6.45) is 0. The number of rotatable bonds is 6. The van der Waals surface area contributed by atoms with E-state index in [0.29, 0.717) is 13.1 Å². The van der Waals surface area contributed by atoms with Crippen LogP contribution >= 0.6 is 0 Å². The highest BCUT2D eigenvalue weighted by atomic mass is 32.2. The molecule has 0 radical (unpaired) electrons. The van der Waals surface area contributed by atoms with Crippen molar-refractivity contribution < 1.29 is 8.42 Å². The minimum atomic E-state index is -3.39. The Hall–Kier alpha value is -1.92. The molecule has 5 nitrogen and oxygen atoms in total. The first kappa shape index (κ1) is 15.5. The Labute approximate surface area is 125 Å². The molecule has 0 fully saturated rings. The number of aromatic nitrogens is 1. The molecule has 2 N–H and O–H groups in total. The minimum Gasteiger partial charge on any atom is -0.379 e. The van der Waals surface area contributed by atoms with Gasteiger partial charge in [0.2, 0.25) is 10.0 Å². The van der Waals surface area contributed by atoms with E-state index in [4.69, 9.17) is 0 Å². The molecular weight excluding hydrogens is 286 g/mol. The smallest absolute Gasteiger partial charge is 0.240 e. The van der Waals surface area contributed by atoms with Crippen LogP contribution in [0, 0.1) is 6.92 Å². The van der Waals surface area contributed by atoms with Crippen LogP contribution in [0.4, 0.5) is 5.69 Å². The van der Waals surface area contributed by atoms with Crippen molar-refractivity contribution in [3.05, 3.63) is 53.9 Å². The van der Waals surface area contributed by atoms with Crippen LogP contribution < -0.4 is 10.0 Å². The van der Waals surface area contributed by atoms with Gasteiger partial charge in [0, 0.05) is 17.9 Å². The molecule has 1 heterocycles. The molecule has 0 bridgehead atoms. The van der Waals surface area contributed by atoms with Gasteiger partial charge in [0.25, 0.3) is 0 Å². The monoisotopic (exact) mass is 305 g/mol. The van der Waals surface area contributed by atoms with E-state index in [9.17, 15) is 8.42 Å². The largest absolute Gasteiger partial charge is 0.379 e. The van der Waals surface area contributed by atoms with Crippen molar-refractivity contribution in [2.24, 2.45) is 0 Å². The van der Waals surface area contributed by atoms with E-state index in [-0.39, 0.29) is 4.90 Å². The second-order valence-electron chi connectivity index (χ2n) is 4.65. The van der Waals surface area contributed by atoms with Crippen molar-refractivity contribution in [3.8, 4) is 0 Å². The van der Waals surface area contributed by atoms with E-state index >= 15 is 0 Å². The first-order valence-electron chi connectivity index (χ1n) is 6.77. The lowest BCUT2D eigenvalue weighted by Gasteiger charge is -2.08. The molecule has 2 aromatic rings. The zero-order chi connectivity index (χ0) is 15.3. The molecule has 0 amide bonds. The van der Waals surface area contributed by atoms with Crippen LogP contribution in [0.1, 0.15) is 18.3 Å². The molecule has 0 aliphatic heterocycles. The first-order chi connectivity index (χ1) is 10.0. The number of aryl methyl sites for hydroxylation is 1. The Morgan fingerprint density at radius 3 is 2.43 bits per heavy atom. The Morgan fingerprint density at radius 1 is 1.10 bits per heavy atom. The van der Waals surface area contributed by atoms with Crippen molar-refractivity contribution in [2.45, 2.75) is 25.3 Å². The molecule has 0 saturated heterocycles. The summed E-state index contributed by atoms with van der Waals surface area (Å²) in [5, 5.41) is 3.22. The molecule has 0 saturated carbocycles. The fourth-order valence-electron chi connectivity index (χ4n) is 1.92. The SMILES string of the molecule is CCNS(=O)(=O)c1ccc(NCc2cccc(C)n2)cc1. The summed E-state index contributed by atoms with van der Waals surface area (Å²) in [5.74, 6) is 0. The highest BCUT2D eigenvalue weighted by Gasteiger charge is 2.11. The van der Waals surface area contributed by atoms with Gasteiger partial charge < -0.3 is 5.32 Å². The van der Waals surface area contributed by atoms with Gasteiger partial charge >= 0.3 is 0 Å². The quantitative estimate of drug-likeness (QED) is 0.859. The molecule has 112 valence electrons. The Morgan fingerprint density at radius 2 is 1.81 bits per heavy atom. The van der Waals surface area contributed by atoms with E-state index < -0.39 is 10.0 Å². The summed E-state index contributed by atoms with van der Waals surface area (Å²) < 4.78 is 26.1. The molecule has 0 aliphatic rings. The van der Waals surface area contributed by atoms with Crippen LogP contribution in [0.15, 0.2) is 47.4 Å². The summed E-state index contributed by atoms with van der Waals surface area (Å²) in [7, 11) is -3.39. The summed E-state index contributed by atoms with van der Waals surface area (Å²) in [6.45, 7) is 4.68. The van der Waals surface area contributed by atoms with E-state index in [1.165, 1.54) is 0 Å². The maximum Gasteiger partial charge on any atom is 0.240 e. The summed E-state index contributed by atoms with van der Waals surface area (Å²) in [5.41, 5.74) is 2.77. The van der Waals surface area contributed by atoms with E-state index in [0.717, 1.165) is 17.1 Å². The molecule has 2 rings (SSSR count). The summed E-state index contributed by atoms with van der Waals surface area (Å²) in [4.78, 5) is 4.67. The van der Waals surface area contributed by atoms with Gasteiger partial charge in [0.15, 0.2) is 0 Å². The van der Waals surface area contributed by atoms with Crippen molar-refractivity contribution >= 4 is 15.7 Å². The van der Waals surface area contributed by atoms with Crippen LogP contribution in [-0.2, 0) is 16.6 Å². The van der Waals surface area contributed by atoms with Gasteiger partial charge in [-0.1, -0.05) is 13.0 Å². The molecule has 21 heavy (non-hydrogen) atoms. The standard InChI is InChI=1S/C15H19N3O2S/c1-3-17-21(19,20)15-9-7-13(8-10-15)16-11-14-6-4-5-12(2)18-14/h4-10,16-17H,3,11H2,1-2H3. The number of anilines is 1. The third kappa shape index (κ3) is 4.27. The number of benzene rings is 1. The number of pyridine rings is 1.